The number of hydrogen-bond donors (Lipinski definition) is 1. The van der Waals surface area contributed by atoms with E-state index in [1.165, 1.54) is 15.1 Å². The number of allylic oxidation sites excluding steroid dienone is 4. The number of nitrogens with zero attached hydrogens (tertiary/aromatic N) is 2. The summed E-state index contributed by atoms with van der Waals surface area (Å²) in [5.41, 5.74) is 4.29. The van der Waals surface area contributed by atoms with Gasteiger partial charge < -0.3 is 10.0 Å². The SMILES string of the molecule is CCN1/C(=C/C2=C(O)C(=C3CCC[n+]4c3sc3ccccc34)C2=O)Sc2ccccc21. The van der Waals surface area contributed by atoms with Crippen molar-refractivity contribution in [3.63, 3.8) is 0 Å². The molecule has 0 atom stereocenters. The minimum absolute atomic E-state index is 0.0430. The van der Waals surface area contributed by atoms with Crippen LogP contribution in [0.4, 0.5) is 5.69 Å². The third-order valence-electron chi connectivity index (χ3n) is 6.16. The highest BCUT2D eigenvalue weighted by Gasteiger charge is 2.41. The van der Waals surface area contributed by atoms with Gasteiger partial charge in [0.1, 0.15) is 10.5 Å². The second-order valence-electron chi connectivity index (χ2n) is 7.87. The van der Waals surface area contributed by atoms with Crippen molar-refractivity contribution in [3.8, 4) is 0 Å². The number of aryl methyl sites for hydroxylation is 1. The molecular formula is C25H21N2O2S2+. The number of thioether (sulfide) groups is 1. The van der Waals surface area contributed by atoms with Crippen molar-refractivity contribution in [1.29, 1.82) is 0 Å². The maximum absolute atomic E-state index is 13.2. The fourth-order valence-electron chi connectivity index (χ4n) is 4.68. The van der Waals surface area contributed by atoms with Crippen LogP contribution in [0.25, 0.3) is 15.8 Å². The average Bonchev–Trinajstić information content (AvgIpc) is 3.36. The molecule has 1 aromatic heterocycles. The maximum Gasteiger partial charge on any atom is 0.266 e. The molecule has 31 heavy (non-hydrogen) atoms. The highest BCUT2D eigenvalue weighted by atomic mass is 32.2. The second-order valence-corrected chi connectivity index (χ2v) is 9.96. The Morgan fingerprint density at radius 3 is 2.81 bits per heavy atom. The lowest BCUT2D eigenvalue weighted by Crippen LogP contribution is -2.40. The zero-order valence-electron chi connectivity index (χ0n) is 17.1. The number of anilines is 1. The van der Waals surface area contributed by atoms with Crippen LogP contribution in [-0.4, -0.2) is 17.4 Å². The molecule has 3 aromatic rings. The molecule has 0 unspecified atom stereocenters. The van der Waals surface area contributed by atoms with E-state index in [1.54, 1.807) is 23.1 Å². The number of carbonyl (C=O) groups excluding carboxylic acids is 1. The first-order valence-corrected chi connectivity index (χ1v) is 12.2. The van der Waals surface area contributed by atoms with Gasteiger partial charge in [-0.15, -0.1) is 0 Å². The van der Waals surface area contributed by atoms with Crippen molar-refractivity contribution in [3.05, 3.63) is 81.5 Å². The number of Topliss-reactive ketones (excluding diaryl/α,β-unsaturated/α-hetero) is 1. The van der Waals surface area contributed by atoms with Gasteiger partial charge in [0.2, 0.25) is 11.3 Å². The number of fused-ring (bicyclic) bond motifs is 4. The predicted octanol–water partition coefficient (Wildman–Crippen LogP) is 5.60. The number of rotatable bonds is 2. The zero-order chi connectivity index (χ0) is 21.1. The molecule has 6 rings (SSSR count). The molecule has 3 heterocycles. The van der Waals surface area contributed by atoms with E-state index in [-0.39, 0.29) is 11.5 Å². The Hall–Kier alpha value is -2.83. The summed E-state index contributed by atoms with van der Waals surface area (Å²) in [6.07, 6.45) is 3.66. The molecule has 3 aliphatic rings. The van der Waals surface area contributed by atoms with Gasteiger partial charge in [-0.05, 0) is 37.6 Å². The van der Waals surface area contributed by atoms with E-state index >= 15 is 0 Å². The molecule has 0 spiro atoms. The number of thiazole rings is 1. The molecule has 2 aliphatic heterocycles. The van der Waals surface area contributed by atoms with Crippen molar-refractivity contribution >= 4 is 50.4 Å². The summed E-state index contributed by atoms with van der Waals surface area (Å²) < 4.78 is 3.51. The van der Waals surface area contributed by atoms with E-state index in [0.717, 1.165) is 47.2 Å². The summed E-state index contributed by atoms with van der Waals surface area (Å²) in [5.74, 6) is 0.101. The predicted molar refractivity (Wildman–Crippen MR) is 126 cm³/mol. The minimum atomic E-state index is -0.0430. The van der Waals surface area contributed by atoms with Crippen molar-refractivity contribution in [2.45, 2.75) is 31.2 Å². The lowest BCUT2D eigenvalue weighted by Gasteiger charge is -2.24. The number of aliphatic hydroxyl groups excluding tert-OH is 1. The molecule has 0 fully saturated rings. The Bertz CT molecular complexity index is 1360. The van der Waals surface area contributed by atoms with Gasteiger partial charge in [0, 0.05) is 23.9 Å². The topological polar surface area (TPSA) is 44.4 Å². The standard InChI is InChI=1S/C25H20N2O2S2/c1-2-26-17-9-3-5-11-19(17)30-21(26)14-16-23(28)22(24(16)29)15-8-7-13-27-18-10-4-6-12-20(18)31-25(15)27/h3-6,9-12,14H,2,7-8,13H2,1H3/p+1. The first kappa shape index (κ1) is 18.9. The number of aliphatic hydroxyl groups is 1. The molecule has 2 aromatic carbocycles. The van der Waals surface area contributed by atoms with E-state index < -0.39 is 0 Å². The summed E-state index contributed by atoms with van der Waals surface area (Å²) in [6, 6.07) is 16.6. The maximum atomic E-state index is 13.2. The third-order valence-corrected chi connectivity index (χ3v) is 8.50. The van der Waals surface area contributed by atoms with Crippen molar-refractivity contribution in [2.75, 3.05) is 11.4 Å². The highest BCUT2D eigenvalue weighted by Crippen LogP contribution is 2.48. The second kappa shape index (κ2) is 7.11. The molecular weight excluding hydrogens is 424 g/mol. The van der Waals surface area contributed by atoms with Gasteiger partial charge in [0.15, 0.2) is 6.54 Å². The first-order chi connectivity index (χ1) is 15.2. The summed E-state index contributed by atoms with van der Waals surface area (Å²) in [6.45, 7) is 3.86. The Balaban J connectivity index is 1.43. The highest BCUT2D eigenvalue weighted by molar-refractivity contribution is 8.03. The lowest BCUT2D eigenvalue weighted by atomic mass is 9.82. The van der Waals surface area contributed by atoms with Gasteiger partial charge in [-0.2, -0.15) is 4.57 Å². The van der Waals surface area contributed by atoms with E-state index in [0.29, 0.717) is 11.1 Å². The van der Waals surface area contributed by atoms with Gasteiger partial charge >= 0.3 is 0 Å². The van der Waals surface area contributed by atoms with Gasteiger partial charge in [-0.3, -0.25) is 4.79 Å². The Morgan fingerprint density at radius 1 is 1.16 bits per heavy atom. The third kappa shape index (κ3) is 2.75. The molecule has 0 saturated heterocycles. The number of hydrogen-bond acceptors (Lipinski definition) is 5. The van der Waals surface area contributed by atoms with E-state index in [1.807, 2.05) is 24.3 Å². The number of para-hydroxylation sites is 2. The number of benzene rings is 2. The Morgan fingerprint density at radius 2 is 1.97 bits per heavy atom. The number of ketones is 1. The van der Waals surface area contributed by atoms with Crippen LogP contribution in [0.15, 0.2) is 81.4 Å². The van der Waals surface area contributed by atoms with E-state index in [9.17, 15) is 9.90 Å². The van der Waals surface area contributed by atoms with Crippen LogP contribution >= 0.6 is 23.1 Å². The smallest absolute Gasteiger partial charge is 0.266 e. The largest absolute Gasteiger partial charge is 0.506 e. The quantitative estimate of drug-likeness (QED) is 0.412. The molecule has 0 amide bonds. The minimum Gasteiger partial charge on any atom is -0.506 e. The van der Waals surface area contributed by atoms with E-state index in [2.05, 4.69) is 46.7 Å². The molecule has 4 nitrogen and oxygen atoms in total. The van der Waals surface area contributed by atoms with Crippen LogP contribution < -0.4 is 9.47 Å². The number of carbonyl (C=O) groups is 1. The van der Waals surface area contributed by atoms with Crippen molar-refractivity contribution < 1.29 is 14.5 Å². The van der Waals surface area contributed by atoms with Crippen LogP contribution in [0, 0.1) is 0 Å². The molecule has 0 bridgehead atoms. The normalized spacial score (nSPS) is 21.6. The molecule has 154 valence electrons. The summed E-state index contributed by atoms with van der Waals surface area (Å²) >= 11 is 3.36. The van der Waals surface area contributed by atoms with Gasteiger partial charge in [0.05, 0.1) is 27.4 Å². The van der Waals surface area contributed by atoms with Crippen LogP contribution in [0.5, 0.6) is 0 Å². The molecule has 0 saturated carbocycles. The average molecular weight is 446 g/mol. The van der Waals surface area contributed by atoms with Gasteiger partial charge in [0.25, 0.3) is 5.01 Å². The van der Waals surface area contributed by atoms with Crippen molar-refractivity contribution in [2.24, 2.45) is 0 Å². The lowest BCUT2D eigenvalue weighted by molar-refractivity contribution is -0.672. The fraction of sp³-hybridized carbons (Fsp3) is 0.200. The Labute approximate surface area is 188 Å². The molecule has 6 heteroatoms. The molecule has 1 N–H and O–H groups in total. The van der Waals surface area contributed by atoms with Crippen LogP contribution in [-0.2, 0) is 11.3 Å². The van der Waals surface area contributed by atoms with Crippen LogP contribution in [0.2, 0.25) is 0 Å². The Kier molecular flexibility index (Phi) is 4.33. The van der Waals surface area contributed by atoms with Gasteiger partial charge in [-0.1, -0.05) is 47.4 Å². The van der Waals surface area contributed by atoms with Gasteiger partial charge in [-0.25, -0.2) is 0 Å². The van der Waals surface area contributed by atoms with Crippen molar-refractivity contribution in [1.82, 2.24) is 0 Å². The monoisotopic (exact) mass is 445 g/mol. The first-order valence-electron chi connectivity index (χ1n) is 10.6. The molecule has 1 aliphatic carbocycles. The van der Waals surface area contributed by atoms with Crippen LogP contribution in [0.3, 0.4) is 0 Å². The fourth-order valence-corrected chi connectivity index (χ4v) is 7.11. The zero-order valence-corrected chi connectivity index (χ0v) is 18.7. The van der Waals surface area contributed by atoms with E-state index in [4.69, 9.17) is 0 Å². The molecule has 0 radical (unpaired) electrons. The van der Waals surface area contributed by atoms with Crippen LogP contribution in [0.1, 0.15) is 24.8 Å². The summed E-state index contributed by atoms with van der Waals surface area (Å²) in [5, 5.41) is 13.0. The summed E-state index contributed by atoms with van der Waals surface area (Å²) in [7, 11) is 0. The summed E-state index contributed by atoms with van der Waals surface area (Å²) in [4.78, 5) is 16.6. The number of aromatic nitrogens is 1.